The molecule has 0 radical (unpaired) electrons. The van der Waals surface area contributed by atoms with Crippen molar-refractivity contribution in [3.05, 3.63) is 86.7 Å². The van der Waals surface area contributed by atoms with Crippen LogP contribution in [0.4, 0.5) is 5.69 Å². The molecular weight excluding hydrogens is 568 g/mol. The first kappa shape index (κ1) is 32.5. The summed E-state index contributed by atoms with van der Waals surface area (Å²) in [7, 11) is 2.89. The molecule has 0 spiro atoms. The van der Waals surface area contributed by atoms with Gasteiger partial charge in [0.2, 0.25) is 0 Å². The van der Waals surface area contributed by atoms with Crippen LogP contribution in [0.3, 0.4) is 0 Å². The van der Waals surface area contributed by atoms with Crippen molar-refractivity contribution >= 4 is 17.6 Å². The number of nitrogens with one attached hydrogen (secondary N) is 1. The molecule has 0 aromatic heterocycles. The molecule has 2 aromatic carbocycles. The highest BCUT2D eigenvalue weighted by Gasteiger charge is 2.38. The third kappa shape index (κ3) is 7.94. The van der Waals surface area contributed by atoms with Crippen molar-refractivity contribution in [2.24, 2.45) is 0 Å². The summed E-state index contributed by atoms with van der Waals surface area (Å²) < 4.78 is 21.9. The zero-order chi connectivity index (χ0) is 31.6. The molecule has 2 aromatic rings. The standard InChI is InChI=1S/C32H40N4O8/c1-22-28(31(37)42-4)30(24-9-7-10-25(21-24)36(39)40)29(23(2)33-22)32(38)44-20-18-35-16-14-34(15-17-35)13-8-19-43-27-12-6-5-11-26(27)41-3/h5-7,9-12,21,30,33H,8,13-20H2,1-4H3. The third-order valence-corrected chi connectivity index (χ3v) is 7.85. The van der Waals surface area contributed by atoms with Gasteiger partial charge in [0.25, 0.3) is 5.69 Å². The number of carbonyl (C=O) groups excluding carboxylic acids is 2. The number of ether oxygens (including phenoxy) is 4. The minimum atomic E-state index is -0.883. The van der Waals surface area contributed by atoms with Gasteiger partial charge in [0.05, 0.1) is 42.8 Å². The van der Waals surface area contributed by atoms with Crippen molar-refractivity contribution in [1.29, 1.82) is 0 Å². The van der Waals surface area contributed by atoms with E-state index in [2.05, 4.69) is 15.1 Å². The number of hydrogen-bond donors (Lipinski definition) is 1. The molecule has 4 rings (SSSR count). The molecule has 0 amide bonds. The predicted octanol–water partition coefficient (Wildman–Crippen LogP) is 3.64. The second-order valence-corrected chi connectivity index (χ2v) is 10.7. The molecule has 1 N–H and O–H groups in total. The van der Waals surface area contributed by atoms with Crippen molar-refractivity contribution in [1.82, 2.24) is 15.1 Å². The quantitative estimate of drug-likeness (QED) is 0.155. The second kappa shape index (κ2) is 15.3. The summed E-state index contributed by atoms with van der Waals surface area (Å²) in [4.78, 5) is 41.9. The molecule has 0 saturated carbocycles. The van der Waals surface area contributed by atoms with Gasteiger partial charge in [-0.15, -0.1) is 0 Å². The summed E-state index contributed by atoms with van der Waals surface area (Å²) in [6, 6.07) is 13.5. The second-order valence-electron chi connectivity index (χ2n) is 10.7. The molecule has 1 fully saturated rings. The van der Waals surface area contributed by atoms with Gasteiger partial charge in [-0.1, -0.05) is 24.3 Å². The van der Waals surface area contributed by atoms with Gasteiger partial charge in [-0.05, 0) is 38.0 Å². The average Bonchev–Trinajstić information content (AvgIpc) is 3.03. The minimum absolute atomic E-state index is 0.142. The smallest absolute Gasteiger partial charge is 0.336 e. The van der Waals surface area contributed by atoms with Crippen LogP contribution < -0.4 is 14.8 Å². The number of benzene rings is 2. The fourth-order valence-corrected chi connectivity index (χ4v) is 5.59. The molecule has 1 atom stereocenters. The summed E-state index contributed by atoms with van der Waals surface area (Å²) >= 11 is 0. The minimum Gasteiger partial charge on any atom is -0.493 e. The van der Waals surface area contributed by atoms with Gasteiger partial charge >= 0.3 is 11.9 Å². The molecule has 1 saturated heterocycles. The Morgan fingerprint density at radius 3 is 2.16 bits per heavy atom. The third-order valence-electron chi connectivity index (χ3n) is 7.85. The Morgan fingerprint density at radius 1 is 0.886 bits per heavy atom. The zero-order valence-electron chi connectivity index (χ0n) is 25.7. The van der Waals surface area contributed by atoms with E-state index in [4.69, 9.17) is 18.9 Å². The number of para-hydroxylation sites is 2. The van der Waals surface area contributed by atoms with Crippen LogP contribution in [0.1, 0.15) is 31.7 Å². The van der Waals surface area contributed by atoms with Crippen LogP contribution in [0.5, 0.6) is 11.5 Å². The Hall–Kier alpha value is -4.42. The normalized spacial score (nSPS) is 17.6. The van der Waals surface area contributed by atoms with Crippen LogP contribution in [0.15, 0.2) is 71.1 Å². The monoisotopic (exact) mass is 608 g/mol. The van der Waals surface area contributed by atoms with E-state index >= 15 is 0 Å². The van der Waals surface area contributed by atoms with E-state index < -0.39 is 22.8 Å². The van der Waals surface area contributed by atoms with Gasteiger partial charge < -0.3 is 29.2 Å². The van der Waals surface area contributed by atoms with E-state index in [-0.39, 0.29) is 23.4 Å². The van der Waals surface area contributed by atoms with Crippen molar-refractivity contribution in [2.45, 2.75) is 26.2 Å². The number of allylic oxidation sites excluding steroid dienone is 2. The summed E-state index contributed by atoms with van der Waals surface area (Å²) in [5, 5.41) is 14.6. The molecule has 0 bridgehead atoms. The van der Waals surface area contributed by atoms with Crippen molar-refractivity contribution in [3.8, 4) is 11.5 Å². The van der Waals surface area contributed by atoms with Crippen LogP contribution in [0.25, 0.3) is 0 Å². The maximum absolute atomic E-state index is 13.5. The van der Waals surface area contributed by atoms with Crippen LogP contribution >= 0.6 is 0 Å². The molecule has 2 aliphatic rings. The van der Waals surface area contributed by atoms with Gasteiger partial charge in [0.1, 0.15) is 6.61 Å². The van der Waals surface area contributed by atoms with Crippen molar-refractivity contribution in [2.75, 3.05) is 66.7 Å². The average molecular weight is 609 g/mol. The highest BCUT2D eigenvalue weighted by atomic mass is 16.6. The largest absolute Gasteiger partial charge is 0.493 e. The van der Waals surface area contributed by atoms with E-state index in [1.807, 2.05) is 24.3 Å². The van der Waals surface area contributed by atoms with Gasteiger partial charge in [-0.3, -0.25) is 15.0 Å². The first-order valence-electron chi connectivity index (χ1n) is 14.6. The number of non-ortho nitro benzene ring substituents is 1. The lowest BCUT2D eigenvalue weighted by atomic mass is 9.80. The fraction of sp³-hybridized carbons (Fsp3) is 0.438. The Labute approximate surface area is 257 Å². The molecule has 44 heavy (non-hydrogen) atoms. The Balaban J connectivity index is 1.30. The topological polar surface area (TPSA) is 133 Å². The molecule has 2 aliphatic heterocycles. The lowest BCUT2D eigenvalue weighted by Gasteiger charge is -2.34. The van der Waals surface area contributed by atoms with Crippen LogP contribution in [0.2, 0.25) is 0 Å². The fourth-order valence-electron chi connectivity index (χ4n) is 5.59. The maximum Gasteiger partial charge on any atom is 0.336 e. The number of carbonyl (C=O) groups is 2. The molecule has 0 aliphatic carbocycles. The van der Waals surface area contributed by atoms with Gasteiger partial charge in [0, 0.05) is 62.8 Å². The molecule has 236 valence electrons. The SMILES string of the molecule is COC(=O)C1=C(C)NC(C)=C(C(=O)OCCN2CCN(CCCOc3ccccc3OC)CC2)C1c1cccc([N+](=O)[O-])c1. The van der Waals surface area contributed by atoms with Crippen molar-refractivity contribution in [3.63, 3.8) is 0 Å². The summed E-state index contributed by atoms with van der Waals surface area (Å²) in [5.41, 5.74) is 1.73. The number of dihydropyridines is 1. The number of methoxy groups -OCH3 is 2. The number of nitro benzene ring substituents is 1. The van der Waals surface area contributed by atoms with E-state index in [0.29, 0.717) is 30.1 Å². The van der Waals surface area contributed by atoms with Crippen molar-refractivity contribution < 1.29 is 33.5 Å². The van der Waals surface area contributed by atoms with Gasteiger partial charge in [0.15, 0.2) is 11.5 Å². The number of hydrogen-bond acceptors (Lipinski definition) is 11. The lowest BCUT2D eigenvalue weighted by molar-refractivity contribution is -0.384. The number of esters is 2. The summed E-state index contributed by atoms with van der Waals surface area (Å²) in [5.74, 6) is -0.634. The molecule has 2 heterocycles. The number of rotatable bonds is 13. The molecule has 1 unspecified atom stereocenters. The summed E-state index contributed by atoms with van der Waals surface area (Å²) in [6.45, 7) is 9.18. The van der Waals surface area contributed by atoms with Crippen LogP contribution in [0, 0.1) is 10.1 Å². The highest BCUT2D eigenvalue weighted by molar-refractivity contribution is 5.99. The zero-order valence-corrected chi connectivity index (χ0v) is 25.7. The Morgan fingerprint density at radius 2 is 1.52 bits per heavy atom. The Kier molecular flexibility index (Phi) is 11.3. The van der Waals surface area contributed by atoms with Crippen LogP contribution in [-0.4, -0.2) is 93.4 Å². The lowest BCUT2D eigenvalue weighted by Crippen LogP contribution is -2.47. The Bertz CT molecular complexity index is 1410. The number of piperazine rings is 1. The molecule has 12 nitrogen and oxygen atoms in total. The summed E-state index contributed by atoms with van der Waals surface area (Å²) in [6.07, 6.45) is 0.894. The molecule has 12 heteroatoms. The first-order chi connectivity index (χ1) is 21.2. The van der Waals surface area contributed by atoms with Crippen LogP contribution in [-0.2, 0) is 19.1 Å². The van der Waals surface area contributed by atoms with E-state index in [9.17, 15) is 19.7 Å². The maximum atomic E-state index is 13.5. The van der Waals surface area contributed by atoms with Gasteiger partial charge in [-0.25, -0.2) is 9.59 Å². The van der Waals surface area contributed by atoms with Gasteiger partial charge in [-0.2, -0.15) is 0 Å². The number of nitro groups is 1. The molecular formula is C32H40N4O8. The van der Waals surface area contributed by atoms with E-state index in [1.165, 1.54) is 25.3 Å². The highest BCUT2D eigenvalue weighted by Crippen LogP contribution is 2.40. The van der Waals surface area contributed by atoms with E-state index in [1.54, 1.807) is 27.0 Å². The number of nitrogens with zero attached hydrogens (tertiary/aromatic N) is 3. The predicted molar refractivity (Wildman–Crippen MR) is 163 cm³/mol. The first-order valence-corrected chi connectivity index (χ1v) is 14.6. The van der Waals surface area contributed by atoms with E-state index in [0.717, 1.165) is 50.6 Å².